The summed E-state index contributed by atoms with van der Waals surface area (Å²) in [6, 6.07) is 13.9. The molecule has 2 aromatic heterocycles. The number of halogens is 1. The molecule has 2 atom stereocenters. The minimum absolute atomic E-state index is 0.00802. The number of H-pyrrole nitrogens is 1. The fraction of sp³-hybridized carbons (Fsp3) is 0.433. The van der Waals surface area contributed by atoms with E-state index in [1.807, 2.05) is 31.2 Å². The summed E-state index contributed by atoms with van der Waals surface area (Å²) in [5.41, 5.74) is 5.61. The van der Waals surface area contributed by atoms with Crippen LogP contribution < -0.4 is 9.47 Å². The van der Waals surface area contributed by atoms with Crippen molar-refractivity contribution >= 4 is 21.8 Å². The maximum absolute atomic E-state index is 14.0. The summed E-state index contributed by atoms with van der Waals surface area (Å²) in [5.74, 6) is 2.04. The molecule has 0 saturated heterocycles. The summed E-state index contributed by atoms with van der Waals surface area (Å²) >= 11 is 0. The van der Waals surface area contributed by atoms with E-state index in [2.05, 4.69) is 20.9 Å². The van der Waals surface area contributed by atoms with E-state index >= 15 is 0 Å². The SMILES string of the molecule is Cc1ccc2c3c(ccc2n1)OC[C@H](CN(C[C@@H]1CCc2[nH]c4ccc(F)cc4c2C1)C1CCC1)O3. The number of hydrogen-bond acceptors (Lipinski definition) is 4. The normalized spacial score (nSPS) is 21.6. The van der Waals surface area contributed by atoms with E-state index in [1.165, 1.54) is 30.5 Å². The van der Waals surface area contributed by atoms with Crippen LogP contribution in [0.2, 0.25) is 0 Å². The Morgan fingerprint density at radius 2 is 1.97 bits per heavy atom. The maximum Gasteiger partial charge on any atom is 0.171 e. The number of pyridine rings is 1. The molecule has 4 aromatic rings. The van der Waals surface area contributed by atoms with Crippen molar-refractivity contribution in [2.75, 3.05) is 19.7 Å². The van der Waals surface area contributed by atoms with Gasteiger partial charge >= 0.3 is 0 Å². The van der Waals surface area contributed by atoms with Crippen LogP contribution in [-0.4, -0.2) is 46.7 Å². The first-order chi connectivity index (χ1) is 17.6. The molecule has 1 saturated carbocycles. The van der Waals surface area contributed by atoms with E-state index < -0.39 is 0 Å². The van der Waals surface area contributed by atoms with Gasteiger partial charge in [-0.25, -0.2) is 4.39 Å². The van der Waals surface area contributed by atoms with Gasteiger partial charge in [0.15, 0.2) is 11.5 Å². The Kier molecular flexibility index (Phi) is 5.38. The van der Waals surface area contributed by atoms with Gasteiger partial charge < -0.3 is 14.5 Å². The molecule has 2 aliphatic carbocycles. The third kappa shape index (κ3) is 3.92. The Labute approximate surface area is 210 Å². The lowest BCUT2D eigenvalue weighted by atomic mass is 9.84. The summed E-state index contributed by atoms with van der Waals surface area (Å²) in [6.45, 7) is 4.49. The molecule has 2 aromatic carbocycles. The molecule has 6 heteroatoms. The van der Waals surface area contributed by atoms with E-state index in [9.17, 15) is 4.39 Å². The number of nitrogens with zero attached hydrogens (tertiary/aromatic N) is 2. The molecule has 1 fully saturated rings. The summed E-state index contributed by atoms with van der Waals surface area (Å²) in [5, 5.41) is 2.07. The van der Waals surface area contributed by atoms with Crippen LogP contribution in [0.3, 0.4) is 0 Å². The highest BCUT2D eigenvalue weighted by Crippen LogP contribution is 2.39. The molecule has 0 radical (unpaired) electrons. The van der Waals surface area contributed by atoms with Crippen LogP contribution in [0.15, 0.2) is 42.5 Å². The molecule has 1 aliphatic heterocycles. The molecule has 3 aliphatic rings. The maximum atomic E-state index is 14.0. The Morgan fingerprint density at radius 1 is 1.06 bits per heavy atom. The van der Waals surface area contributed by atoms with E-state index in [0.717, 1.165) is 71.4 Å². The summed E-state index contributed by atoms with van der Waals surface area (Å²) < 4.78 is 26.7. The number of hydrogen-bond donors (Lipinski definition) is 1. The average molecular weight is 486 g/mol. The smallest absolute Gasteiger partial charge is 0.171 e. The van der Waals surface area contributed by atoms with Crippen LogP contribution in [-0.2, 0) is 12.8 Å². The van der Waals surface area contributed by atoms with Crippen LogP contribution in [0, 0.1) is 18.7 Å². The van der Waals surface area contributed by atoms with Crippen molar-refractivity contribution in [3.63, 3.8) is 0 Å². The van der Waals surface area contributed by atoms with E-state index in [0.29, 0.717) is 18.6 Å². The van der Waals surface area contributed by atoms with Crippen molar-refractivity contribution in [2.24, 2.45) is 5.92 Å². The number of aromatic amines is 1. The summed E-state index contributed by atoms with van der Waals surface area (Å²) in [7, 11) is 0. The van der Waals surface area contributed by atoms with Crippen molar-refractivity contribution in [2.45, 2.75) is 57.6 Å². The van der Waals surface area contributed by atoms with Crippen molar-refractivity contribution in [3.8, 4) is 11.5 Å². The minimum atomic E-state index is -0.157. The third-order valence-corrected chi connectivity index (χ3v) is 8.41. The van der Waals surface area contributed by atoms with Gasteiger partial charge in [0.05, 0.1) is 5.52 Å². The number of benzene rings is 2. The molecule has 186 valence electrons. The highest BCUT2D eigenvalue weighted by Gasteiger charge is 2.33. The number of fused-ring (bicyclic) bond motifs is 6. The Balaban J connectivity index is 1.10. The Bertz CT molecular complexity index is 1440. The molecule has 3 heterocycles. The second kappa shape index (κ2) is 8.77. The van der Waals surface area contributed by atoms with Gasteiger partial charge in [-0.1, -0.05) is 6.42 Å². The van der Waals surface area contributed by atoms with Gasteiger partial charge in [0.25, 0.3) is 0 Å². The first-order valence-electron chi connectivity index (χ1n) is 13.3. The molecule has 0 unspecified atom stereocenters. The van der Waals surface area contributed by atoms with Crippen LogP contribution in [0.5, 0.6) is 11.5 Å². The largest absolute Gasteiger partial charge is 0.486 e. The van der Waals surface area contributed by atoms with Gasteiger partial charge in [-0.05, 0) is 93.0 Å². The molecular formula is C30H32FN3O2. The number of nitrogens with one attached hydrogen (secondary N) is 1. The average Bonchev–Trinajstić information content (AvgIpc) is 3.20. The standard InChI is InChI=1S/C30H32FN3O2/c1-18-5-8-23-26(32-18)11-12-29-30(23)36-22(17-35-29)16-34(21-3-2-4-21)15-19-6-9-27-24(13-19)25-14-20(31)7-10-28(25)33-27/h5,7-8,10-12,14,19,21-22,33H,2-4,6,9,13,15-17H2,1H3/t19-,22+/m1/s1. The third-order valence-electron chi connectivity index (χ3n) is 8.41. The highest BCUT2D eigenvalue weighted by atomic mass is 19.1. The zero-order valence-electron chi connectivity index (χ0n) is 20.7. The lowest BCUT2D eigenvalue weighted by Crippen LogP contribution is -2.50. The van der Waals surface area contributed by atoms with Crippen molar-refractivity contribution in [1.82, 2.24) is 14.9 Å². The zero-order valence-corrected chi connectivity index (χ0v) is 20.7. The van der Waals surface area contributed by atoms with Crippen LogP contribution in [0.4, 0.5) is 4.39 Å². The highest BCUT2D eigenvalue weighted by molar-refractivity contribution is 5.88. The lowest BCUT2D eigenvalue weighted by Gasteiger charge is -2.42. The van der Waals surface area contributed by atoms with Crippen molar-refractivity contribution in [1.29, 1.82) is 0 Å². The topological polar surface area (TPSA) is 50.4 Å². The monoisotopic (exact) mass is 485 g/mol. The van der Waals surface area contributed by atoms with Gasteiger partial charge in [0.1, 0.15) is 18.5 Å². The molecule has 1 N–H and O–H groups in total. The first kappa shape index (κ1) is 22.1. The Hall–Kier alpha value is -3.12. The van der Waals surface area contributed by atoms with Crippen molar-refractivity contribution < 1.29 is 13.9 Å². The number of rotatable bonds is 5. The molecule has 0 amide bonds. The number of ether oxygens (including phenoxy) is 2. The van der Waals surface area contributed by atoms with Gasteiger partial charge in [-0.15, -0.1) is 0 Å². The van der Waals surface area contributed by atoms with Gasteiger partial charge in [0.2, 0.25) is 0 Å². The van der Waals surface area contributed by atoms with Gasteiger partial charge in [0, 0.05) is 46.8 Å². The number of aromatic nitrogens is 2. The fourth-order valence-corrected chi connectivity index (χ4v) is 6.30. The van der Waals surface area contributed by atoms with Gasteiger partial charge in [-0.2, -0.15) is 0 Å². The molecular weight excluding hydrogens is 453 g/mol. The van der Waals surface area contributed by atoms with Crippen molar-refractivity contribution in [3.05, 3.63) is 65.2 Å². The predicted octanol–water partition coefficient (Wildman–Crippen LogP) is 5.96. The van der Waals surface area contributed by atoms with E-state index in [1.54, 1.807) is 12.1 Å². The van der Waals surface area contributed by atoms with Crippen LogP contribution in [0.1, 0.15) is 42.6 Å². The van der Waals surface area contributed by atoms with E-state index in [4.69, 9.17) is 9.47 Å². The Morgan fingerprint density at radius 3 is 2.83 bits per heavy atom. The van der Waals surface area contributed by atoms with Crippen LogP contribution >= 0.6 is 0 Å². The minimum Gasteiger partial charge on any atom is -0.486 e. The van der Waals surface area contributed by atoms with Gasteiger partial charge in [-0.3, -0.25) is 9.88 Å². The van der Waals surface area contributed by atoms with Crippen LogP contribution in [0.25, 0.3) is 21.8 Å². The predicted molar refractivity (Wildman–Crippen MR) is 139 cm³/mol. The van der Waals surface area contributed by atoms with E-state index in [-0.39, 0.29) is 11.9 Å². The lowest BCUT2D eigenvalue weighted by molar-refractivity contribution is 0.0220. The molecule has 36 heavy (non-hydrogen) atoms. The molecule has 0 bridgehead atoms. The second-order valence-electron chi connectivity index (χ2n) is 10.9. The summed E-state index contributed by atoms with van der Waals surface area (Å²) in [6.07, 6.45) is 7.00. The molecule has 7 rings (SSSR count). The first-order valence-corrected chi connectivity index (χ1v) is 13.3. The molecule has 0 spiro atoms. The number of aryl methyl sites for hydroxylation is 2. The summed E-state index contributed by atoms with van der Waals surface area (Å²) in [4.78, 5) is 10.9. The quantitative estimate of drug-likeness (QED) is 0.379. The fourth-order valence-electron chi connectivity index (χ4n) is 6.30. The zero-order chi connectivity index (χ0) is 24.2. The molecule has 5 nitrogen and oxygen atoms in total. The second-order valence-corrected chi connectivity index (χ2v) is 10.9.